The van der Waals surface area contributed by atoms with Crippen LogP contribution in [-0.4, -0.2) is 16.5 Å². The molecule has 0 atom stereocenters. The first kappa shape index (κ1) is 12.4. The van der Waals surface area contributed by atoms with Gasteiger partial charge >= 0.3 is 0 Å². The van der Waals surface area contributed by atoms with Crippen molar-refractivity contribution < 1.29 is 0 Å². The zero-order chi connectivity index (χ0) is 11.9. The lowest BCUT2D eigenvalue weighted by molar-refractivity contribution is 0.968. The second-order valence-corrected chi connectivity index (χ2v) is 5.68. The van der Waals surface area contributed by atoms with Crippen LogP contribution in [-0.2, 0) is 5.75 Å². The number of hydrogen-bond donors (Lipinski definition) is 1. The highest BCUT2D eigenvalue weighted by atomic mass is 32.2. The number of nitrogens with one attached hydrogen (secondary N) is 1. The second kappa shape index (κ2) is 6.61. The molecule has 0 aliphatic heterocycles. The van der Waals surface area contributed by atoms with Gasteiger partial charge in [0.25, 0.3) is 0 Å². The highest BCUT2D eigenvalue weighted by molar-refractivity contribution is 8.00. The normalized spacial score (nSPS) is 10.4. The van der Waals surface area contributed by atoms with Gasteiger partial charge in [0.2, 0.25) is 0 Å². The van der Waals surface area contributed by atoms with Crippen molar-refractivity contribution in [2.75, 3.05) is 11.9 Å². The summed E-state index contributed by atoms with van der Waals surface area (Å²) in [7, 11) is 0. The Bertz CT molecular complexity index is 426. The van der Waals surface area contributed by atoms with Crippen LogP contribution in [0.1, 0.15) is 18.9 Å². The van der Waals surface area contributed by atoms with E-state index >= 15 is 0 Å². The lowest BCUT2D eigenvalue weighted by atomic mass is 10.3. The van der Waals surface area contributed by atoms with Gasteiger partial charge in [-0.2, -0.15) is 0 Å². The molecule has 1 N–H and O–H groups in total. The van der Waals surface area contributed by atoms with E-state index in [4.69, 9.17) is 0 Å². The van der Waals surface area contributed by atoms with Gasteiger partial charge in [-0.15, -0.1) is 11.3 Å². The molecule has 0 saturated carbocycles. The van der Waals surface area contributed by atoms with Crippen molar-refractivity contribution >= 4 is 28.9 Å². The van der Waals surface area contributed by atoms with Crippen LogP contribution < -0.4 is 5.32 Å². The Kier molecular flexibility index (Phi) is 4.82. The van der Waals surface area contributed by atoms with Gasteiger partial charge in [0.1, 0.15) is 10.2 Å². The first-order chi connectivity index (χ1) is 8.38. The predicted octanol–water partition coefficient (Wildman–Crippen LogP) is 3.65. The van der Waals surface area contributed by atoms with Gasteiger partial charge in [0.05, 0.1) is 0 Å². The topological polar surface area (TPSA) is 37.8 Å². The Balaban J connectivity index is 1.85. The van der Waals surface area contributed by atoms with Gasteiger partial charge in [-0.05, 0) is 18.1 Å². The molecule has 0 spiro atoms. The maximum absolute atomic E-state index is 4.37. The van der Waals surface area contributed by atoms with Crippen LogP contribution in [0.5, 0.6) is 0 Å². The molecule has 0 aromatic carbocycles. The summed E-state index contributed by atoms with van der Waals surface area (Å²) in [6.45, 7) is 3.12. The Morgan fingerprint density at radius 2 is 2.29 bits per heavy atom. The summed E-state index contributed by atoms with van der Waals surface area (Å²) in [5.41, 5.74) is 1.23. The van der Waals surface area contributed by atoms with E-state index < -0.39 is 0 Å². The fourth-order valence-electron chi connectivity index (χ4n) is 1.29. The molecule has 90 valence electrons. The lowest BCUT2D eigenvalue weighted by Crippen LogP contribution is -2.01. The minimum Gasteiger partial charge on any atom is -0.370 e. The van der Waals surface area contributed by atoms with Crippen LogP contribution in [0.25, 0.3) is 0 Å². The number of pyridine rings is 1. The molecule has 2 heterocycles. The standard InChI is InChI=1S/C12H15N3S2/c1-2-5-13-11-4-3-10(8-15-11)9-17-12-14-6-7-16-12/h3-4,6-8H,2,5,9H2,1H3,(H,13,15). The van der Waals surface area contributed by atoms with Crippen LogP contribution >= 0.6 is 23.1 Å². The third kappa shape index (κ3) is 4.02. The van der Waals surface area contributed by atoms with E-state index in [-0.39, 0.29) is 0 Å². The van der Waals surface area contributed by atoms with Gasteiger partial charge in [0, 0.05) is 30.1 Å². The molecular formula is C12H15N3S2. The van der Waals surface area contributed by atoms with Crippen molar-refractivity contribution in [2.45, 2.75) is 23.4 Å². The molecule has 2 aromatic heterocycles. The summed E-state index contributed by atoms with van der Waals surface area (Å²) in [6, 6.07) is 4.15. The molecule has 0 bridgehead atoms. The molecule has 2 rings (SSSR count). The van der Waals surface area contributed by atoms with E-state index in [9.17, 15) is 0 Å². The van der Waals surface area contributed by atoms with E-state index in [0.29, 0.717) is 0 Å². The highest BCUT2D eigenvalue weighted by Crippen LogP contribution is 2.24. The lowest BCUT2D eigenvalue weighted by Gasteiger charge is -2.04. The minimum absolute atomic E-state index is 0.925. The molecule has 2 aromatic rings. The number of rotatable bonds is 6. The van der Waals surface area contributed by atoms with E-state index in [1.807, 2.05) is 23.8 Å². The van der Waals surface area contributed by atoms with Crippen molar-refractivity contribution in [3.63, 3.8) is 0 Å². The summed E-state index contributed by atoms with van der Waals surface area (Å²) in [5.74, 6) is 1.88. The maximum Gasteiger partial charge on any atom is 0.150 e. The van der Waals surface area contributed by atoms with Crippen LogP contribution in [0, 0.1) is 0 Å². The van der Waals surface area contributed by atoms with Crippen molar-refractivity contribution in [3.05, 3.63) is 35.5 Å². The Morgan fingerprint density at radius 3 is 2.94 bits per heavy atom. The molecule has 3 nitrogen and oxygen atoms in total. The summed E-state index contributed by atoms with van der Waals surface area (Å²) in [6.07, 6.45) is 4.88. The number of aromatic nitrogens is 2. The van der Waals surface area contributed by atoms with Crippen LogP contribution in [0.4, 0.5) is 5.82 Å². The van der Waals surface area contributed by atoms with Gasteiger partial charge < -0.3 is 5.32 Å². The Labute approximate surface area is 110 Å². The molecule has 0 unspecified atom stereocenters. The third-order valence-electron chi connectivity index (χ3n) is 2.15. The number of nitrogens with zero attached hydrogens (tertiary/aromatic N) is 2. The first-order valence-electron chi connectivity index (χ1n) is 5.59. The molecule has 0 fully saturated rings. The largest absolute Gasteiger partial charge is 0.370 e. The summed E-state index contributed by atoms with van der Waals surface area (Å²) >= 11 is 3.43. The number of thioether (sulfide) groups is 1. The Hall–Kier alpha value is -1.07. The average molecular weight is 265 g/mol. The minimum atomic E-state index is 0.925. The first-order valence-corrected chi connectivity index (χ1v) is 7.46. The number of thiazole rings is 1. The van der Waals surface area contributed by atoms with Gasteiger partial charge in [-0.25, -0.2) is 9.97 Å². The van der Waals surface area contributed by atoms with Gasteiger partial charge in [-0.1, -0.05) is 24.8 Å². The molecule has 0 aliphatic carbocycles. The fourth-order valence-corrected chi connectivity index (χ4v) is 2.87. The SMILES string of the molecule is CCCNc1ccc(CSc2nccs2)cn1. The number of anilines is 1. The van der Waals surface area contributed by atoms with E-state index in [0.717, 1.165) is 28.9 Å². The zero-order valence-electron chi connectivity index (χ0n) is 9.72. The highest BCUT2D eigenvalue weighted by Gasteiger charge is 1.99. The molecule has 17 heavy (non-hydrogen) atoms. The molecule has 5 heteroatoms. The van der Waals surface area contributed by atoms with E-state index in [1.54, 1.807) is 23.1 Å². The van der Waals surface area contributed by atoms with E-state index in [2.05, 4.69) is 28.3 Å². The van der Waals surface area contributed by atoms with Crippen LogP contribution in [0.15, 0.2) is 34.2 Å². The van der Waals surface area contributed by atoms with Gasteiger partial charge in [0.15, 0.2) is 0 Å². The zero-order valence-corrected chi connectivity index (χ0v) is 11.4. The second-order valence-electron chi connectivity index (χ2n) is 3.57. The Morgan fingerprint density at radius 1 is 1.35 bits per heavy atom. The predicted molar refractivity (Wildman–Crippen MR) is 74.7 cm³/mol. The molecule has 0 saturated heterocycles. The molecular weight excluding hydrogens is 250 g/mol. The van der Waals surface area contributed by atoms with Gasteiger partial charge in [-0.3, -0.25) is 0 Å². The monoisotopic (exact) mass is 265 g/mol. The van der Waals surface area contributed by atoms with Crippen molar-refractivity contribution in [1.82, 2.24) is 9.97 Å². The van der Waals surface area contributed by atoms with Crippen LogP contribution in [0.3, 0.4) is 0 Å². The quantitative estimate of drug-likeness (QED) is 0.809. The summed E-state index contributed by atoms with van der Waals surface area (Å²) < 4.78 is 1.11. The van der Waals surface area contributed by atoms with Crippen LogP contribution in [0.2, 0.25) is 0 Å². The molecule has 0 amide bonds. The third-order valence-corrected chi connectivity index (χ3v) is 4.19. The average Bonchev–Trinajstić information content (AvgIpc) is 2.88. The number of hydrogen-bond acceptors (Lipinski definition) is 5. The van der Waals surface area contributed by atoms with E-state index in [1.165, 1.54) is 5.56 Å². The van der Waals surface area contributed by atoms with Crippen molar-refractivity contribution in [3.8, 4) is 0 Å². The summed E-state index contributed by atoms with van der Waals surface area (Å²) in [4.78, 5) is 8.61. The maximum atomic E-state index is 4.37. The molecule has 0 aliphatic rings. The van der Waals surface area contributed by atoms with Crippen molar-refractivity contribution in [2.24, 2.45) is 0 Å². The fraction of sp³-hybridized carbons (Fsp3) is 0.333. The smallest absolute Gasteiger partial charge is 0.150 e. The van der Waals surface area contributed by atoms with Crippen molar-refractivity contribution in [1.29, 1.82) is 0 Å². The molecule has 0 radical (unpaired) electrons. The summed E-state index contributed by atoms with van der Waals surface area (Å²) in [5, 5.41) is 5.26.